The Balaban J connectivity index is 1.32. The fourth-order valence-corrected chi connectivity index (χ4v) is 13.2. The van der Waals surface area contributed by atoms with Gasteiger partial charge in [-0.3, -0.25) is 0 Å². The van der Waals surface area contributed by atoms with E-state index in [2.05, 4.69) is 247 Å². The van der Waals surface area contributed by atoms with Gasteiger partial charge in [0.25, 0.3) is 6.71 Å². The number of anilines is 6. The van der Waals surface area contributed by atoms with Crippen LogP contribution in [0, 0.1) is 6.92 Å². The number of aryl methyl sites for hydroxylation is 1. The van der Waals surface area contributed by atoms with Crippen LogP contribution < -0.4 is 26.2 Å². The monoisotopic (exact) mass is 905 g/mol. The van der Waals surface area contributed by atoms with Gasteiger partial charge in [-0.15, -0.1) is 0 Å². The third-order valence-corrected chi connectivity index (χ3v) is 17.1. The number of fused-ring (bicyclic) bond motifs is 6. The summed E-state index contributed by atoms with van der Waals surface area (Å²) in [5, 5.41) is 0. The molecule has 0 spiro atoms. The Morgan fingerprint density at radius 1 is 0.406 bits per heavy atom. The summed E-state index contributed by atoms with van der Waals surface area (Å²) >= 11 is 0. The van der Waals surface area contributed by atoms with Crippen molar-refractivity contribution in [1.29, 1.82) is 0 Å². The molecular weight excluding hydrogens is 832 g/mol. The molecule has 0 saturated heterocycles. The largest absolute Gasteiger partial charge is 0.311 e. The van der Waals surface area contributed by atoms with Crippen molar-refractivity contribution in [1.82, 2.24) is 0 Å². The van der Waals surface area contributed by atoms with Crippen molar-refractivity contribution in [2.75, 3.05) is 9.80 Å². The van der Waals surface area contributed by atoms with Crippen LogP contribution in [-0.2, 0) is 32.5 Å². The standard InChI is InChI=1S/C66H73BN2/c1-41-26-27-44(42-22-18-16-19-23-42)32-55(41)69-57-39-51-49(65(12,13)40-66(51,14)15)37-53(57)67-52-36-48-50(64(10,11)31-30-63(48,8)9)38-56(52)68(58-34-46(62(5,6)7)35-59(69)60(58)67)54-29-28-45(61(2,3)4)33-47(54)43-24-20-17-21-25-43/h16-29,32-39H,30-31,40H2,1-15H3. The van der Waals surface area contributed by atoms with Crippen LogP contribution in [0.4, 0.5) is 34.1 Å². The molecule has 0 unspecified atom stereocenters. The molecule has 0 amide bonds. The van der Waals surface area contributed by atoms with Crippen molar-refractivity contribution in [3.05, 3.63) is 172 Å². The van der Waals surface area contributed by atoms with Crippen molar-refractivity contribution < 1.29 is 0 Å². The van der Waals surface area contributed by atoms with E-state index in [-0.39, 0.29) is 39.2 Å². The Labute approximate surface area is 415 Å². The van der Waals surface area contributed by atoms with Crippen LogP contribution in [0.25, 0.3) is 22.3 Å². The Morgan fingerprint density at radius 3 is 1.42 bits per heavy atom. The van der Waals surface area contributed by atoms with Gasteiger partial charge in [-0.2, -0.15) is 0 Å². The number of rotatable bonds is 4. The molecule has 2 nitrogen and oxygen atoms in total. The van der Waals surface area contributed by atoms with E-state index in [1.165, 1.54) is 118 Å². The summed E-state index contributed by atoms with van der Waals surface area (Å²) in [6.07, 6.45) is 3.45. The van der Waals surface area contributed by atoms with E-state index >= 15 is 0 Å². The third-order valence-electron chi connectivity index (χ3n) is 17.1. The number of nitrogens with zero attached hydrogens (tertiary/aromatic N) is 2. The van der Waals surface area contributed by atoms with Gasteiger partial charge in [0.2, 0.25) is 0 Å². The van der Waals surface area contributed by atoms with Crippen LogP contribution in [-0.4, -0.2) is 6.71 Å². The Hall–Kier alpha value is -5.80. The molecule has 2 aliphatic heterocycles. The van der Waals surface area contributed by atoms with Crippen molar-refractivity contribution in [3.63, 3.8) is 0 Å². The molecule has 69 heavy (non-hydrogen) atoms. The predicted molar refractivity (Wildman–Crippen MR) is 299 cm³/mol. The molecule has 0 bridgehead atoms. The van der Waals surface area contributed by atoms with Crippen LogP contribution in [0.5, 0.6) is 0 Å². The molecule has 0 fully saturated rings. The first kappa shape index (κ1) is 45.6. The van der Waals surface area contributed by atoms with E-state index in [1.807, 2.05) is 0 Å². The summed E-state index contributed by atoms with van der Waals surface area (Å²) in [4.78, 5) is 5.43. The Bertz CT molecular complexity index is 3230. The first-order valence-corrected chi connectivity index (χ1v) is 25.9. The molecule has 4 aliphatic rings. The smallest absolute Gasteiger partial charge is 0.252 e. The van der Waals surface area contributed by atoms with E-state index in [0.29, 0.717) is 0 Å². The average molecular weight is 905 g/mol. The highest BCUT2D eigenvalue weighted by molar-refractivity contribution is 7.00. The minimum atomic E-state index is -0.135. The molecule has 0 N–H and O–H groups in total. The lowest BCUT2D eigenvalue weighted by Crippen LogP contribution is -2.62. The summed E-state index contributed by atoms with van der Waals surface area (Å²) in [6.45, 7) is 36.5. The molecule has 3 heteroatoms. The van der Waals surface area contributed by atoms with Gasteiger partial charge in [0.15, 0.2) is 0 Å². The first-order chi connectivity index (χ1) is 32.4. The molecular formula is C66H73BN2. The maximum absolute atomic E-state index is 2.73. The average Bonchev–Trinajstić information content (AvgIpc) is 3.48. The molecule has 0 saturated carbocycles. The van der Waals surface area contributed by atoms with Crippen molar-refractivity contribution in [3.8, 4) is 22.3 Å². The maximum Gasteiger partial charge on any atom is 0.252 e. The lowest BCUT2D eigenvalue weighted by molar-refractivity contribution is 0.332. The zero-order valence-electron chi connectivity index (χ0n) is 44.3. The van der Waals surface area contributed by atoms with Gasteiger partial charge in [0, 0.05) is 34.0 Å². The maximum atomic E-state index is 2.73. The van der Waals surface area contributed by atoms with Gasteiger partial charge in [0.1, 0.15) is 0 Å². The first-order valence-electron chi connectivity index (χ1n) is 25.9. The Kier molecular flexibility index (Phi) is 9.99. The van der Waals surface area contributed by atoms with Gasteiger partial charge in [0.05, 0.1) is 5.69 Å². The molecule has 350 valence electrons. The van der Waals surface area contributed by atoms with E-state index in [1.54, 1.807) is 0 Å². The fraction of sp³-hybridized carbons (Fsp3) is 0.364. The van der Waals surface area contributed by atoms with E-state index in [9.17, 15) is 0 Å². The van der Waals surface area contributed by atoms with Crippen LogP contribution in [0.3, 0.4) is 0 Å². The molecule has 11 rings (SSSR count). The minimum Gasteiger partial charge on any atom is -0.311 e. The normalized spacial score (nSPS) is 18.0. The second-order valence-corrected chi connectivity index (χ2v) is 26.1. The summed E-state index contributed by atoms with van der Waals surface area (Å²) in [7, 11) is 0. The third kappa shape index (κ3) is 7.18. The van der Waals surface area contributed by atoms with Crippen molar-refractivity contribution in [2.24, 2.45) is 0 Å². The van der Waals surface area contributed by atoms with Crippen LogP contribution in [0.2, 0.25) is 0 Å². The second kappa shape index (κ2) is 15.1. The number of benzene rings is 7. The fourth-order valence-electron chi connectivity index (χ4n) is 13.2. The summed E-state index contributed by atoms with van der Waals surface area (Å²) in [5.74, 6) is 0. The van der Waals surface area contributed by atoms with Gasteiger partial charge >= 0.3 is 0 Å². The van der Waals surface area contributed by atoms with E-state index in [4.69, 9.17) is 0 Å². The number of hydrogen-bond acceptors (Lipinski definition) is 2. The zero-order chi connectivity index (χ0) is 49.0. The molecule has 0 atom stereocenters. The van der Waals surface area contributed by atoms with Gasteiger partial charge in [-0.25, -0.2) is 0 Å². The minimum absolute atomic E-state index is 0.0177. The topological polar surface area (TPSA) is 6.48 Å². The van der Waals surface area contributed by atoms with E-state index in [0.717, 1.165) is 12.8 Å². The number of hydrogen-bond donors (Lipinski definition) is 0. The molecule has 0 aromatic heterocycles. The van der Waals surface area contributed by atoms with Gasteiger partial charge in [-0.05, 0) is 173 Å². The molecule has 0 radical (unpaired) electrons. The lowest BCUT2D eigenvalue weighted by atomic mass is 9.32. The van der Waals surface area contributed by atoms with Crippen LogP contribution >= 0.6 is 0 Å². The SMILES string of the molecule is Cc1ccc(-c2ccccc2)cc1N1c2cc3c(cc2B2c4cc5c(cc4N(c4ccc(C(C)(C)C)cc4-c4ccccc4)c4cc(C(C)(C)C)cc1c42)C(C)(C)CCC5(C)C)C(C)(C)CC3(C)C. The van der Waals surface area contributed by atoms with Crippen LogP contribution in [0.15, 0.2) is 133 Å². The van der Waals surface area contributed by atoms with Gasteiger partial charge < -0.3 is 9.80 Å². The molecule has 7 aromatic rings. The highest BCUT2D eigenvalue weighted by Crippen LogP contribution is 2.55. The lowest BCUT2D eigenvalue weighted by Gasteiger charge is -2.48. The van der Waals surface area contributed by atoms with Gasteiger partial charge in [-0.1, -0.05) is 188 Å². The summed E-state index contributed by atoms with van der Waals surface area (Å²) in [6, 6.07) is 52.5. The quantitative estimate of drug-likeness (QED) is 0.162. The highest BCUT2D eigenvalue weighted by Gasteiger charge is 2.50. The van der Waals surface area contributed by atoms with E-state index < -0.39 is 0 Å². The van der Waals surface area contributed by atoms with Crippen molar-refractivity contribution >= 4 is 57.2 Å². The Morgan fingerprint density at radius 2 is 0.884 bits per heavy atom. The second-order valence-electron chi connectivity index (χ2n) is 26.1. The van der Waals surface area contributed by atoms with Crippen LogP contribution in [0.1, 0.15) is 155 Å². The summed E-state index contributed by atoms with van der Waals surface area (Å²) in [5.41, 5.74) is 26.8. The molecule has 2 heterocycles. The molecule has 7 aromatic carbocycles. The molecule has 2 aliphatic carbocycles. The summed E-state index contributed by atoms with van der Waals surface area (Å²) < 4.78 is 0. The zero-order valence-corrected chi connectivity index (χ0v) is 44.3. The highest BCUT2D eigenvalue weighted by atomic mass is 15.2. The predicted octanol–water partition coefficient (Wildman–Crippen LogP) is 16.3. The van der Waals surface area contributed by atoms with Crippen molar-refractivity contribution in [2.45, 2.75) is 156 Å².